The highest BCUT2D eigenvalue weighted by atomic mass is 35.5. The molecular weight excluding hydrogens is 174 g/mol. The molecule has 0 spiro atoms. The van der Waals surface area contributed by atoms with Crippen LogP contribution < -0.4 is 0 Å². The lowest BCUT2D eigenvalue weighted by Crippen LogP contribution is -1.84. The van der Waals surface area contributed by atoms with Gasteiger partial charge in [0.1, 0.15) is 6.07 Å². The summed E-state index contributed by atoms with van der Waals surface area (Å²) in [6.45, 7) is 0. The largest absolute Gasteiger partial charge is 0.239 e. The first-order valence-electron chi connectivity index (χ1n) is 3.34. The molecule has 58 valence electrons. The number of nitrogens with zero attached hydrogens (tertiary/aromatic N) is 3. The number of fused-ring (bicyclic) bond motifs is 1. The van der Waals surface area contributed by atoms with Gasteiger partial charge in [0.25, 0.3) is 0 Å². The molecule has 0 radical (unpaired) electrons. The summed E-state index contributed by atoms with van der Waals surface area (Å²) < 4.78 is 1.62. The van der Waals surface area contributed by atoms with E-state index in [0.717, 1.165) is 5.52 Å². The van der Waals surface area contributed by atoms with Crippen molar-refractivity contribution in [2.75, 3.05) is 0 Å². The van der Waals surface area contributed by atoms with E-state index in [1.807, 2.05) is 6.07 Å². The third-order valence-corrected chi connectivity index (χ3v) is 1.84. The van der Waals surface area contributed by atoms with Crippen LogP contribution in [0.25, 0.3) is 5.52 Å². The van der Waals surface area contributed by atoms with Crippen molar-refractivity contribution in [1.82, 2.24) is 9.61 Å². The maximum absolute atomic E-state index is 8.67. The van der Waals surface area contributed by atoms with Crippen molar-refractivity contribution >= 4 is 17.1 Å². The first-order valence-corrected chi connectivity index (χ1v) is 3.72. The van der Waals surface area contributed by atoms with E-state index in [1.54, 1.807) is 22.8 Å². The Hall–Kier alpha value is -1.53. The SMILES string of the molecule is N#Cc1cnn2ccc(Cl)cc12. The Morgan fingerprint density at radius 2 is 2.42 bits per heavy atom. The Morgan fingerprint density at radius 1 is 1.58 bits per heavy atom. The molecule has 0 unspecified atom stereocenters. The molecule has 2 rings (SSSR count). The zero-order chi connectivity index (χ0) is 8.55. The number of aromatic nitrogens is 2. The Morgan fingerprint density at radius 3 is 3.17 bits per heavy atom. The number of hydrogen-bond donors (Lipinski definition) is 0. The van der Waals surface area contributed by atoms with E-state index < -0.39 is 0 Å². The van der Waals surface area contributed by atoms with Gasteiger partial charge in [-0.15, -0.1) is 0 Å². The Labute approximate surface area is 73.8 Å². The van der Waals surface area contributed by atoms with Crippen LogP contribution in [0.4, 0.5) is 0 Å². The van der Waals surface area contributed by atoms with Crippen LogP contribution in [-0.2, 0) is 0 Å². The highest BCUT2D eigenvalue weighted by Gasteiger charge is 2.01. The van der Waals surface area contributed by atoms with E-state index in [1.165, 1.54) is 6.20 Å². The summed E-state index contributed by atoms with van der Waals surface area (Å²) in [6, 6.07) is 5.48. The predicted molar refractivity (Wildman–Crippen MR) is 44.9 cm³/mol. The minimum absolute atomic E-state index is 0.539. The molecule has 0 saturated heterocycles. The van der Waals surface area contributed by atoms with E-state index in [0.29, 0.717) is 10.6 Å². The summed E-state index contributed by atoms with van der Waals surface area (Å²) in [5.41, 5.74) is 1.28. The number of halogens is 1. The number of nitriles is 1. The smallest absolute Gasteiger partial charge is 0.103 e. The Balaban J connectivity index is 2.86. The Bertz CT molecular complexity index is 467. The normalized spacial score (nSPS) is 10.0. The maximum atomic E-state index is 8.67. The van der Waals surface area contributed by atoms with Crippen molar-refractivity contribution < 1.29 is 0 Å². The molecule has 0 aliphatic carbocycles. The summed E-state index contributed by atoms with van der Waals surface area (Å²) in [5.74, 6) is 0. The molecule has 0 atom stereocenters. The predicted octanol–water partition coefficient (Wildman–Crippen LogP) is 1.86. The molecular formula is C8H4ClN3. The third kappa shape index (κ3) is 0.936. The maximum Gasteiger partial charge on any atom is 0.103 e. The number of pyridine rings is 1. The molecule has 2 aromatic rings. The summed E-state index contributed by atoms with van der Waals surface area (Å²) in [4.78, 5) is 0. The van der Waals surface area contributed by atoms with Gasteiger partial charge in [0.15, 0.2) is 0 Å². The lowest BCUT2D eigenvalue weighted by molar-refractivity contribution is 0.961. The van der Waals surface area contributed by atoms with Crippen molar-refractivity contribution in [2.45, 2.75) is 0 Å². The van der Waals surface area contributed by atoms with Gasteiger partial charge in [0.05, 0.1) is 17.3 Å². The molecule has 12 heavy (non-hydrogen) atoms. The molecule has 0 fully saturated rings. The lowest BCUT2D eigenvalue weighted by Gasteiger charge is -1.92. The second kappa shape index (κ2) is 2.50. The molecule has 2 aromatic heterocycles. The minimum atomic E-state index is 0.539. The molecule has 2 heterocycles. The first-order chi connectivity index (χ1) is 5.81. The quantitative estimate of drug-likeness (QED) is 0.616. The van der Waals surface area contributed by atoms with Crippen LogP contribution in [0.2, 0.25) is 5.02 Å². The molecule has 0 aliphatic heterocycles. The standard InChI is InChI=1S/C8H4ClN3/c9-7-1-2-12-8(3-7)6(4-10)5-11-12/h1-3,5H. The summed E-state index contributed by atoms with van der Waals surface area (Å²) in [7, 11) is 0. The van der Waals surface area contributed by atoms with Gasteiger partial charge in [-0.3, -0.25) is 0 Å². The molecule has 0 aromatic carbocycles. The van der Waals surface area contributed by atoms with Gasteiger partial charge >= 0.3 is 0 Å². The van der Waals surface area contributed by atoms with E-state index in [9.17, 15) is 0 Å². The number of hydrogen-bond acceptors (Lipinski definition) is 2. The third-order valence-electron chi connectivity index (χ3n) is 1.60. The molecule has 0 saturated carbocycles. The van der Waals surface area contributed by atoms with Gasteiger partial charge in [-0.25, -0.2) is 4.52 Å². The Kier molecular flexibility index (Phi) is 1.49. The van der Waals surface area contributed by atoms with Crippen LogP contribution in [0.5, 0.6) is 0 Å². The van der Waals surface area contributed by atoms with Crippen molar-refractivity contribution in [2.24, 2.45) is 0 Å². The van der Waals surface area contributed by atoms with Crippen LogP contribution >= 0.6 is 11.6 Å². The van der Waals surface area contributed by atoms with Crippen LogP contribution in [-0.4, -0.2) is 9.61 Å². The van der Waals surface area contributed by atoms with Gasteiger partial charge in [-0.1, -0.05) is 11.6 Å². The number of rotatable bonds is 0. The summed E-state index contributed by atoms with van der Waals surface area (Å²) in [5, 5.41) is 13.2. The highest BCUT2D eigenvalue weighted by Crippen LogP contribution is 2.14. The van der Waals surface area contributed by atoms with Gasteiger partial charge in [-0.05, 0) is 12.1 Å². The van der Waals surface area contributed by atoms with Gasteiger partial charge in [0, 0.05) is 11.2 Å². The molecule has 0 N–H and O–H groups in total. The van der Waals surface area contributed by atoms with E-state index in [4.69, 9.17) is 16.9 Å². The fourth-order valence-electron chi connectivity index (χ4n) is 1.04. The van der Waals surface area contributed by atoms with Crippen molar-refractivity contribution in [3.05, 3.63) is 35.1 Å². The zero-order valence-electron chi connectivity index (χ0n) is 6.03. The van der Waals surface area contributed by atoms with Crippen LogP contribution in [0, 0.1) is 11.3 Å². The van der Waals surface area contributed by atoms with Crippen molar-refractivity contribution in [3.63, 3.8) is 0 Å². The summed E-state index contributed by atoms with van der Waals surface area (Å²) in [6.07, 6.45) is 3.24. The second-order valence-electron chi connectivity index (χ2n) is 2.34. The van der Waals surface area contributed by atoms with Crippen LogP contribution in [0.1, 0.15) is 5.56 Å². The lowest BCUT2D eigenvalue weighted by atomic mass is 10.3. The average molecular weight is 178 g/mol. The fourth-order valence-corrected chi connectivity index (χ4v) is 1.20. The topological polar surface area (TPSA) is 41.1 Å². The molecule has 0 bridgehead atoms. The fraction of sp³-hybridized carbons (Fsp3) is 0. The van der Waals surface area contributed by atoms with Gasteiger partial charge in [0.2, 0.25) is 0 Å². The van der Waals surface area contributed by atoms with Gasteiger partial charge in [-0.2, -0.15) is 10.4 Å². The average Bonchev–Trinajstić information content (AvgIpc) is 2.46. The monoisotopic (exact) mass is 177 g/mol. The second-order valence-corrected chi connectivity index (χ2v) is 2.78. The molecule has 0 amide bonds. The van der Waals surface area contributed by atoms with E-state index >= 15 is 0 Å². The minimum Gasteiger partial charge on any atom is -0.239 e. The molecule has 0 aliphatic rings. The highest BCUT2D eigenvalue weighted by molar-refractivity contribution is 6.30. The van der Waals surface area contributed by atoms with Crippen molar-refractivity contribution in [1.29, 1.82) is 5.26 Å². The first kappa shape index (κ1) is 7.14. The van der Waals surface area contributed by atoms with Crippen molar-refractivity contribution in [3.8, 4) is 6.07 Å². The zero-order valence-corrected chi connectivity index (χ0v) is 6.78. The van der Waals surface area contributed by atoms with E-state index in [-0.39, 0.29) is 0 Å². The molecule has 3 nitrogen and oxygen atoms in total. The molecule has 4 heteroatoms. The van der Waals surface area contributed by atoms with Gasteiger partial charge < -0.3 is 0 Å². The summed E-state index contributed by atoms with van der Waals surface area (Å²) >= 11 is 5.75. The van der Waals surface area contributed by atoms with E-state index in [2.05, 4.69) is 5.10 Å². The van der Waals surface area contributed by atoms with Crippen LogP contribution in [0.3, 0.4) is 0 Å². The van der Waals surface area contributed by atoms with Crippen LogP contribution in [0.15, 0.2) is 24.5 Å².